The Morgan fingerprint density at radius 2 is 1.50 bits per heavy atom. The predicted octanol–water partition coefficient (Wildman–Crippen LogP) is 3.38. The van der Waals surface area contributed by atoms with Crippen LogP contribution in [-0.2, 0) is 14.4 Å². The van der Waals surface area contributed by atoms with Crippen molar-refractivity contribution >= 4 is 34.7 Å². The number of nitrogens with one attached hydrogen (secondary N) is 2. The zero-order valence-corrected chi connectivity index (χ0v) is 15.7. The third kappa shape index (κ3) is 3.78. The van der Waals surface area contributed by atoms with Gasteiger partial charge in [-0.3, -0.25) is 19.3 Å². The first kappa shape index (κ1) is 19.3. The van der Waals surface area contributed by atoms with Gasteiger partial charge in [0.25, 0.3) is 11.8 Å². The van der Waals surface area contributed by atoms with Gasteiger partial charge in [-0.15, -0.1) is 0 Å². The van der Waals surface area contributed by atoms with Gasteiger partial charge >= 0.3 is 0 Å². The average Bonchev–Trinajstić information content (AvgIpc) is 2.87. The van der Waals surface area contributed by atoms with E-state index in [0.29, 0.717) is 16.9 Å². The van der Waals surface area contributed by atoms with Gasteiger partial charge in [0.1, 0.15) is 11.5 Å². The third-order valence-corrected chi connectivity index (χ3v) is 4.24. The van der Waals surface area contributed by atoms with Crippen LogP contribution in [0, 0.1) is 5.82 Å². The summed E-state index contributed by atoms with van der Waals surface area (Å²) in [5.74, 6) is -1.45. The summed E-state index contributed by atoms with van der Waals surface area (Å²) in [6, 6.07) is 11.9. The van der Waals surface area contributed by atoms with Gasteiger partial charge in [0, 0.05) is 24.3 Å². The van der Waals surface area contributed by atoms with Gasteiger partial charge in [0.05, 0.1) is 5.57 Å². The minimum atomic E-state index is -0.440. The third-order valence-electron chi connectivity index (χ3n) is 4.24. The second kappa shape index (κ2) is 7.64. The molecular weight excluding hydrogens is 361 g/mol. The molecule has 3 amide bonds. The Labute approximate surface area is 162 Å². The zero-order valence-electron chi connectivity index (χ0n) is 15.7. The molecule has 7 heteroatoms. The number of imide groups is 1. The molecule has 2 aromatic carbocycles. The van der Waals surface area contributed by atoms with Crippen molar-refractivity contribution in [1.29, 1.82) is 0 Å². The molecule has 2 aromatic rings. The molecule has 0 saturated carbocycles. The minimum Gasteiger partial charge on any atom is -0.350 e. The first-order valence-corrected chi connectivity index (χ1v) is 8.80. The molecule has 1 aliphatic heterocycles. The van der Waals surface area contributed by atoms with Crippen LogP contribution in [0.1, 0.15) is 26.3 Å². The maximum atomic E-state index is 13.2. The van der Waals surface area contributed by atoms with Gasteiger partial charge in [-0.25, -0.2) is 4.39 Å². The van der Waals surface area contributed by atoms with Crippen LogP contribution in [0.25, 0.3) is 5.57 Å². The summed E-state index contributed by atoms with van der Waals surface area (Å²) < 4.78 is 13.2. The first-order valence-electron chi connectivity index (χ1n) is 8.80. The van der Waals surface area contributed by atoms with E-state index in [-0.39, 0.29) is 23.2 Å². The van der Waals surface area contributed by atoms with E-state index in [4.69, 9.17) is 0 Å². The van der Waals surface area contributed by atoms with E-state index in [1.54, 1.807) is 38.1 Å². The highest BCUT2D eigenvalue weighted by Crippen LogP contribution is 2.32. The van der Waals surface area contributed by atoms with Crippen LogP contribution in [0.3, 0.4) is 0 Å². The predicted molar refractivity (Wildman–Crippen MR) is 105 cm³/mol. The van der Waals surface area contributed by atoms with Crippen LogP contribution in [0.5, 0.6) is 0 Å². The quantitative estimate of drug-likeness (QED) is 0.779. The number of carbonyl (C=O) groups excluding carboxylic acids is 3. The molecule has 0 atom stereocenters. The van der Waals surface area contributed by atoms with Gasteiger partial charge in [-0.2, -0.15) is 0 Å². The second-order valence-electron chi connectivity index (χ2n) is 6.71. The number of halogens is 1. The van der Waals surface area contributed by atoms with Crippen molar-refractivity contribution in [2.45, 2.75) is 26.8 Å². The van der Waals surface area contributed by atoms with Crippen LogP contribution >= 0.6 is 0 Å². The normalized spacial score (nSPS) is 14.1. The Morgan fingerprint density at radius 1 is 0.929 bits per heavy atom. The van der Waals surface area contributed by atoms with Crippen LogP contribution < -0.4 is 10.6 Å². The summed E-state index contributed by atoms with van der Waals surface area (Å²) in [5.41, 5.74) is 1.99. The molecule has 2 N–H and O–H groups in total. The molecular formula is C21H20FN3O3. The molecule has 6 nitrogen and oxygen atoms in total. The Balaban J connectivity index is 2.03. The summed E-state index contributed by atoms with van der Waals surface area (Å²) >= 11 is 0. The molecule has 0 unspecified atom stereocenters. The zero-order chi connectivity index (χ0) is 20.4. The van der Waals surface area contributed by atoms with Crippen LogP contribution in [0.2, 0.25) is 0 Å². The number of amides is 3. The molecule has 28 heavy (non-hydrogen) atoms. The maximum absolute atomic E-state index is 13.2. The fourth-order valence-electron chi connectivity index (χ4n) is 3.00. The molecule has 0 spiro atoms. The Hall–Kier alpha value is -3.48. The Kier molecular flexibility index (Phi) is 5.26. The lowest BCUT2D eigenvalue weighted by molar-refractivity contribution is -0.138. The van der Waals surface area contributed by atoms with Gasteiger partial charge in [0.15, 0.2) is 0 Å². The summed E-state index contributed by atoms with van der Waals surface area (Å²) in [6.07, 6.45) is 0. The van der Waals surface area contributed by atoms with Crippen LogP contribution in [-0.4, -0.2) is 28.7 Å². The van der Waals surface area contributed by atoms with E-state index in [0.717, 1.165) is 0 Å². The van der Waals surface area contributed by atoms with Gasteiger partial charge < -0.3 is 10.6 Å². The van der Waals surface area contributed by atoms with Crippen molar-refractivity contribution in [2.75, 3.05) is 10.6 Å². The highest BCUT2D eigenvalue weighted by molar-refractivity contribution is 6.36. The number of hydrogen-bond acceptors (Lipinski definition) is 4. The summed E-state index contributed by atoms with van der Waals surface area (Å²) in [7, 11) is 0. The fraction of sp³-hybridized carbons (Fsp3) is 0.190. The van der Waals surface area contributed by atoms with Crippen LogP contribution in [0.4, 0.5) is 15.8 Å². The molecule has 3 rings (SSSR count). The minimum absolute atomic E-state index is 0.137. The molecule has 0 saturated heterocycles. The SMILES string of the molecule is CC(=O)Nc1ccc(C2=C(Nc3ccc(F)cc3)C(=O)N(C(C)C)C2=O)cc1. The van der Waals surface area contributed by atoms with Crippen molar-refractivity contribution in [3.8, 4) is 0 Å². The van der Waals surface area contributed by atoms with E-state index in [1.165, 1.54) is 36.1 Å². The fourth-order valence-corrected chi connectivity index (χ4v) is 3.00. The van der Waals surface area contributed by atoms with Crippen molar-refractivity contribution in [3.05, 3.63) is 65.6 Å². The summed E-state index contributed by atoms with van der Waals surface area (Å²) in [5, 5.41) is 5.62. The molecule has 0 aliphatic carbocycles. The molecule has 0 radical (unpaired) electrons. The number of benzene rings is 2. The summed E-state index contributed by atoms with van der Waals surface area (Å²) in [6.45, 7) is 4.92. The lowest BCUT2D eigenvalue weighted by Gasteiger charge is -2.19. The highest BCUT2D eigenvalue weighted by atomic mass is 19.1. The van der Waals surface area contributed by atoms with Crippen molar-refractivity contribution in [2.24, 2.45) is 0 Å². The van der Waals surface area contributed by atoms with E-state index < -0.39 is 17.6 Å². The number of hydrogen-bond donors (Lipinski definition) is 2. The Bertz CT molecular complexity index is 963. The van der Waals surface area contributed by atoms with Gasteiger partial charge in [-0.1, -0.05) is 12.1 Å². The number of carbonyl (C=O) groups is 3. The first-order chi connectivity index (χ1) is 13.3. The number of rotatable bonds is 5. The molecule has 0 fully saturated rings. The van der Waals surface area contributed by atoms with Gasteiger partial charge in [0.2, 0.25) is 5.91 Å². The second-order valence-corrected chi connectivity index (χ2v) is 6.71. The van der Waals surface area contributed by atoms with Crippen molar-refractivity contribution < 1.29 is 18.8 Å². The van der Waals surface area contributed by atoms with Crippen molar-refractivity contribution in [1.82, 2.24) is 4.90 Å². The average molecular weight is 381 g/mol. The largest absolute Gasteiger partial charge is 0.350 e. The molecule has 144 valence electrons. The number of nitrogens with zero attached hydrogens (tertiary/aromatic N) is 1. The Morgan fingerprint density at radius 3 is 2.04 bits per heavy atom. The highest BCUT2D eigenvalue weighted by Gasteiger charge is 2.40. The monoisotopic (exact) mass is 381 g/mol. The lowest BCUT2D eigenvalue weighted by atomic mass is 10.0. The number of anilines is 2. The molecule has 0 bridgehead atoms. The van der Waals surface area contributed by atoms with E-state index in [1.807, 2.05) is 0 Å². The van der Waals surface area contributed by atoms with Crippen LogP contribution in [0.15, 0.2) is 54.2 Å². The summed E-state index contributed by atoms with van der Waals surface area (Å²) in [4.78, 5) is 38.2. The van der Waals surface area contributed by atoms with E-state index in [9.17, 15) is 18.8 Å². The molecule has 0 aromatic heterocycles. The van der Waals surface area contributed by atoms with E-state index >= 15 is 0 Å². The van der Waals surface area contributed by atoms with Gasteiger partial charge in [-0.05, 0) is 55.8 Å². The topological polar surface area (TPSA) is 78.5 Å². The smallest absolute Gasteiger partial charge is 0.278 e. The molecule has 1 heterocycles. The lowest BCUT2D eigenvalue weighted by Crippen LogP contribution is -2.38. The maximum Gasteiger partial charge on any atom is 0.278 e. The standard InChI is InChI=1S/C21H20FN3O3/c1-12(2)25-20(27)18(14-4-8-16(9-5-14)23-13(3)26)19(21(25)28)24-17-10-6-15(22)7-11-17/h4-12,24H,1-3H3,(H,23,26). The molecule has 1 aliphatic rings. The van der Waals surface area contributed by atoms with E-state index in [2.05, 4.69) is 10.6 Å². The van der Waals surface area contributed by atoms with Crippen molar-refractivity contribution in [3.63, 3.8) is 0 Å².